The van der Waals surface area contributed by atoms with E-state index in [1.165, 1.54) is 6.07 Å². The van der Waals surface area contributed by atoms with E-state index in [2.05, 4.69) is 10.6 Å². The molecule has 0 heterocycles. The van der Waals surface area contributed by atoms with Crippen molar-refractivity contribution in [2.45, 2.75) is 45.6 Å². The maximum absolute atomic E-state index is 13.7. The zero-order valence-electron chi connectivity index (χ0n) is 15.0. The van der Waals surface area contributed by atoms with Gasteiger partial charge in [0.05, 0.1) is 6.54 Å². The number of carboxylic acid groups (broad SMARTS) is 1. The molecule has 0 radical (unpaired) electrons. The molecule has 2 amide bonds. The topological polar surface area (TPSA) is 95.5 Å². The van der Waals surface area contributed by atoms with Crippen LogP contribution in [0.2, 0.25) is 0 Å². The van der Waals surface area contributed by atoms with E-state index in [1.807, 2.05) is 13.8 Å². The Hall–Kier alpha value is -2.51. The summed E-state index contributed by atoms with van der Waals surface area (Å²) in [6.45, 7) is 4.90. The zero-order chi connectivity index (χ0) is 19.9. The van der Waals surface area contributed by atoms with Crippen LogP contribution in [0.4, 0.5) is 8.78 Å². The largest absolute Gasteiger partial charge is 0.480 e. The first-order valence-electron chi connectivity index (χ1n) is 8.34. The van der Waals surface area contributed by atoms with Crippen molar-refractivity contribution in [2.24, 2.45) is 5.92 Å². The second kappa shape index (κ2) is 9.84. The molecule has 0 spiro atoms. The van der Waals surface area contributed by atoms with E-state index in [9.17, 15) is 23.2 Å². The highest BCUT2D eigenvalue weighted by molar-refractivity contribution is 5.88. The van der Waals surface area contributed by atoms with Gasteiger partial charge in [0.1, 0.15) is 17.7 Å². The van der Waals surface area contributed by atoms with Crippen LogP contribution >= 0.6 is 0 Å². The second-order valence-electron chi connectivity index (χ2n) is 6.64. The molecular formula is C18H24F2N2O4. The van der Waals surface area contributed by atoms with Gasteiger partial charge in [0.15, 0.2) is 0 Å². The molecule has 6 nitrogen and oxygen atoms in total. The molecule has 0 fully saturated rings. The normalized spacial score (nSPS) is 13.2. The van der Waals surface area contributed by atoms with E-state index in [-0.39, 0.29) is 30.9 Å². The van der Waals surface area contributed by atoms with Crippen LogP contribution in [0.25, 0.3) is 0 Å². The zero-order valence-corrected chi connectivity index (χ0v) is 15.0. The number of nitrogens with one attached hydrogen (secondary N) is 2. The van der Waals surface area contributed by atoms with Gasteiger partial charge in [-0.1, -0.05) is 26.8 Å². The first-order valence-corrected chi connectivity index (χ1v) is 8.34. The number of rotatable bonds is 9. The van der Waals surface area contributed by atoms with E-state index in [4.69, 9.17) is 5.11 Å². The SMILES string of the molecule is CC(C)C[C@H](NC(=O)CNC(=O)CC(C)c1ccc(F)cc1F)C(=O)O. The van der Waals surface area contributed by atoms with Crippen LogP contribution in [0.15, 0.2) is 18.2 Å². The smallest absolute Gasteiger partial charge is 0.326 e. The Morgan fingerprint density at radius 2 is 1.77 bits per heavy atom. The molecule has 0 aliphatic carbocycles. The third-order valence-electron chi connectivity index (χ3n) is 3.77. The monoisotopic (exact) mass is 370 g/mol. The summed E-state index contributed by atoms with van der Waals surface area (Å²) in [5.74, 6) is -4.11. The quantitative estimate of drug-likeness (QED) is 0.621. The number of aliphatic carboxylic acids is 1. The van der Waals surface area contributed by atoms with Crippen LogP contribution in [0.3, 0.4) is 0 Å². The summed E-state index contributed by atoms with van der Waals surface area (Å²) in [5, 5.41) is 13.8. The molecule has 0 saturated heterocycles. The molecule has 0 aromatic heterocycles. The predicted molar refractivity (Wildman–Crippen MR) is 91.4 cm³/mol. The van der Waals surface area contributed by atoms with Crippen LogP contribution in [-0.2, 0) is 14.4 Å². The van der Waals surface area contributed by atoms with Gasteiger partial charge in [-0.15, -0.1) is 0 Å². The Labute approximate surface area is 151 Å². The Kier molecular flexibility index (Phi) is 8.15. The van der Waals surface area contributed by atoms with Crippen molar-refractivity contribution < 1.29 is 28.3 Å². The van der Waals surface area contributed by atoms with E-state index in [0.29, 0.717) is 0 Å². The lowest BCUT2D eigenvalue weighted by Gasteiger charge is -2.17. The van der Waals surface area contributed by atoms with Crippen molar-refractivity contribution in [3.63, 3.8) is 0 Å². The summed E-state index contributed by atoms with van der Waals surface area (Å²) in [5.41, 5.74) is 0.203. The van der Waals surface area contributed by atoms with Crippen LogP contribution < -0.4 is 10.6 Å². The first-order chi connectivity index (χ1) is 12.1. The average Bonchev–Trinajstić information content (AvgIpc) is 2.51. The van der Waals surface area contributed by atoms with Crippen LogP contribution in [0.1, 0.15) is 45.1 Å². The minimum Gasteiger partial charge on any atom is -0.480 e. The lowest BCUT2D eigenvalue weighted by molar-refractivity contribution is -0.142. The molecule has 1 aromatic carbocycles. The van der Waals surface area contributed by atoms with Gasteiger partial charge in [0.2, 0.25) is 11.8 Å². The van der Waals surface area contributed by atoms with Crippen LogP contribution in [0.5, 0.6) is 0 Å². The lowest BCUT2D eigenvalue weighted by atomic mass is 9.97. The Balaban J connectivity index is 2.50. The number of carboxylic acids is 1. The molecule has 1 unspecified atom stereocenters. The first kappa shape index (κ1) is 21.5. The van der Waals surface area contributed by atoms with Crippen molar-refractivity contribution in [1.29, 1.82) is 0 Å². The van der Waals surface area contributed by atoms with Crippen molar-refractivity contribution in [2.75, 3.05) is 6.54 Å². The summed E-state index contributed by atoms with van der Waals surface area (Å²) < 4.78 is 26.6. The maximum atomic E-state index is 13.7. The maximum Gasteiger partial charge on any atom is 0.326 e. The predicted octanol–water partition coefficient (Wildman–Crippen LogP) is 2.19. The van der Waals surface area contributed by atoms with Crippen molar-refractivity contribution in [1.82, 2.24) is 10.6 Å². The number of halogens is 2. The van der Waals surface area contributed by atoms with Crippen LogP contribution in [0, 0.1) is 17.6 Å². The number of hydrogen-bond donors (Lipinski definition) is 3. The van der Waals surface area contributed by atoms with E-state index in [0.717, 1.165) is 12.1 Å². The summed E-state index contributed by atoms with van der Waals surface area (Å²) in [4.78, 5) is 34.8. The molecule has 0 saturated carbocycles. The van der Waals surface area contributed by atoms with Gasteiger partial charge in [-0.3, -0.25) is 9.59 Å². The minimum absolute atomic E-state index is 0.0810. The highest BCUT2D eigenvalue weighted by atomic mass is 19.1. The van der Waals surface area contributed by atoms with Crippen molar-refractivity contribution in [3.8, 4) is 0 Å². The standard InChI is InChI=1S/C18H24F2N2O4/c1-10(2)6-15(18(25)26)22-17(24)9-21-16(23)7-11(3)13-5-4-12(19)8-14(13)20/h4-5,8,10-11,15H,6-7,9H2,1-3H3,(H,21,23)(H,22,24)(H,25,26)/t11?,15-/m0/s1. The van der Waals surface area contributed by atoms with Gasteiger partial charge < -0.3 is 15.7 Å². The molecule has 2 atom stereocenters. The minimum atomic E-state index is -1.14. The third kappa shape index (κ3) is 7.16. The van der Waals surface area contributed by atoms with Gasteiger partial charge in [-0.2, -0.15) is 0 Å². The number of carbonyl (C=O) groups is 3. The number of benzene rings is 1. The highest BCUT2D eigenvalue weighted by Crippen LogP contribution is 2.22. The number of carbonyl (C=O) groups excluding carboxylic acids is 2. The molecular weight excluding hydrogens is 346 g/mol. The summed E-state index contributed by atoms with van der Waals surface area (Å²) in [6.07, 6.45) is 0.181. The van der Waals surface area contributed by atoms with E-state index in [1.54, 1.807) is 6.92 Å². The van der Waals surface area contributed by atoms with Gasteiger partial charge >= 0.3 is 5.97 Å². The average molecular weight is 370 g/mol. The van der Waals surface area contributed by atoms with Crippen molar-refractivity contribution >= 4 is 17.8 Å². The molecule has 3 N–H and O–H groups in total. The Morgan fingerprint density at radius 1 is 1.12 bits per heavy atom. The Morgan fingerprint density at radius 3 is 2.31 bits per heavy atom. The number of hydrogen-bond acceptors (Lipinski definition) is 3. The molecule has 8 heteroatoms. The fourth-order valence-electron chi connectivity index (χ4n) is 2.48. The van der Waals surface area contributed by atoms with Gasteiger partial charge in [-0.05, 0) is 29.9 Å². The fourth-order valence-corrected chi connectivity index (χ4v) is 2.48. The number of amides is 2. The fraction of sp³-hybridized carbons (Fsp3) is 0.500. The molecule has 144 valence electrons. The summed E-state index contributed by atoms with van der Waals surface area (Å²) in [7, 11) is 0. The summed E-state index contributed by atoms with van der Waals surface area (Å²) in [6, 6.07) is 2.11. The van der Waals surface area contributed by atoms with Crippen LogP contribution in [-0.4, -0.2) is 35.5 Å². The molecule has 0 aliphatic rings. The second-order valence-corrected chi connectivity index (χ2v) is 6.64. The van der Waals surface area contributed by atoms with Gasteiger partial charge in [-0.25, -0.2) is 13.6 Å². The highest BCUT2D eigenvalue weighted by Gasteiger charge is 2.21. The van der Waals surface area contributed by atoms with Crippen molar-refractivity contribution in [3.05, 3.63) is 35.4 Å². The van der Waals surface area contributed by atoms with E-state index >= 15 is 0 Å². The molecule has 26 heavy (non-hydrogen) atoms. The third-order valence-corrected chi connectivity index (χ3v) is 3.77. The molecule has 0 aliphatic heterocycles. The molecule has 0 bridgehead atoms. The summed E-state index contributed by atoms with van der Waals surface area (Å²) >= 11 is 0. The van der Waals surface area contributed by atoms with Gasteiger partial charge in [0.25, 0.3) is 0 Å². The lowest BCUT2D eigenvalue weighted by Crippen LogP contribution is -2.46. The molecule has 1 rings (SSSR count). The molecule has 1 aromatic rings. The van der Waals surface area contributed by atoms with E-state index < -0.39 is 41.4 Å². The Bertz CT molecular complexity index is 665. The van der Waals surface area contributed by atoms with Gasteiger partial charge in [0, 0.05) is 12.5 Å².